The largest absolute Gasteiger partial charge is 0.508 e. The Morgan fingerprint density at radius 1 is 1.24 bits per heavy atom. The zero-order valence-corrected chi connectivity index (χ0v) is 14.2. The maximum absolute atomic E-state index is 12.3. The number of carbonyl (C=O) groups is 1. The van der Waals surface area contributed by atoms with Crippen LogP contribution in [0.4, 0.5) is 11.4 Å². The minimum atomic E-state index is -0.449. The molecule has 0 spiro atoms. The summed E-state index contributed by atoms with van der Waals surface area (Å²) >= 11 is 0. The number of para-hydroxylation sites is 1. The molecule has 4 N–H and O–H groups in total. The first-order valence-electron chi connectivity index (χ1n) is 8.29. The third-order valence-electron chi connectivity index (χ3n) is 4.93. The van der Waals surface area contributed by atoms with Crippen molar-refractivity contribution in [3.63, 3.8) is 0 Å². The average Bonchev–Trinajstić information content (AvgIpc) is 3.05. The molecule has 0 aliphatic carbocycles. The van der Waals surface area contributed by atoms with Crippen LogP contribution in [0.25, 0.3) is 0 Å². The van der Waals surface area contributed by atoms with Crippen molar-refractivity contribution in [1.82, 2.24) is 4.90 Å². The third kappa shape index (κ3) is 2.49. The molecule has 2 aliphatic heterocycles. The van der Waals surface area contributed by atoms with E-state index in [4.69, 9.17) is 10.5 Å². The highest BCUT2D eigenvalue weighted by Gasteiger charge is 2.45. The lowest BCUT2D eigenvalue weighted by atomic mass is 9.85. The van der Waals surface area contributed by atoms with Gasteiger partial charge in [-0.25, -0.2) is 4.79 Å². The summed E-state index contributed by atoms with van der Waals surface area (Å²) in [6, 6.07) is 10.6. The molecule has 25 heavy (non-hydrogen) atoms. The standard InChI is InChI=1S/C19H21N3O3/c1-22(2)9-15-16(12-4-3-5-14(20)17(12)21-15)18-13-8-10(23)6-7-11(13)19(24)25-18/h3-8,15-16,18,21,23H,9,20H2,1-2H3. The molecule has 0 radical (unpaired) electrons. The van der Waals surface area contributed by atoms with E-state index in [1.54, 1.807) is 12.1 Å². The molecule has 3 unspecified atom stereocenters. The zero-order chi connectivity index (χ0) is 17.7. The number of esters is 1. The molecule has 0 fully saturated rings. The fourth-order valence-corrected chi connectivity index (χ4v) is 3.93. The number of benzene rings is 2. The van der Waals surface area contributed by atoms with Crippen LogP contribution in [0, 0.1) is 0 Å². The van der Waals surface area contributed by atoms with Gasteiger partial charge < -0.3 is 25.8 Å². The Morgan fingerprint density at radius 3 is 2.80 bits per heavy atom. The predicted octanol–water partition coefficient (Wildman–Crippen LogP) is 2.33. The molecule has 3 atom stereocenters. The zero-order valence-electron chi connectivity index (χ0n) is 14.2. The van der Waals surface area contributed by atoms with Gasteiger partial charge in [0.1, 0.15) is 11.9 Å². The number of ether oxygens (including phenoxy) is 1. The van der Waals surface area contributed by atoms with Crippen molar-refractivity contribution in [3.05, 3.63) is 53.1 Å². The SMILES string of the molecule is CN(C)CC1Nc2c(N)cccc2C1C1OC(=O)c2ccc(O)cc21. The maximum Gasteiger partial charge on any atom is 0.339 e. The summed E-state index contributed by atoms with van der Waals surface area (Å²) in [7, 11) is 4.01. The van der Waals surface area contributed by atoms with Gasteiger partial charge in [-0.1, -0.05) is 12.1 Å². The van der Waals surface area contributed by atoms with Crippen LogP contribution in [-0.2, 0) is 4.74 Å². The van der Waals surface area contributed by atoms with Gasteiger partial charge in [-0.2, -0.15) is 0 Å². The second kappa shape index (κ2) is 5.67. The summed E-state index contributed by atoms with van der Waals surface area (Å²) in [6.45, 7) is 0.765. The van der Waals surface area contributed by atoms with E-state index in [9.17, 15) is 9.90 Å². The van der Waals surface area contributed by atoms with Crippen LogP contribution < -0.4 is 11.1 Å². The summed E-state index contributed by atoms with van der Waals surface area (Å²) in [6.07, 6.45) is -0.449. The molecule has 0 saturated heterocycles. The summed E-state index contributed by atoms with van der Waals surface area (Å²) < 4.78 is 5.73. The molecule has 2 aromatic carbocycles. The summed E-state index contributed by atoms with van der Waals surface area (Å²) in [5.41, 5.74) is 10.0. The molecule has 0 aromatic heterocycles. The Morgan fingerprint density at radius 2 is 2.04 bits per heavy atom. The fourth-order valence-electron chi connectivity index (χ4n) is 3.93. The van der Waals surface area contributed by atoms with E-state index >= 15 is 0 Å². The maximum atomic E-state index is 12.3. The molecule has 0 bridgehead atoms. The second-order valence-corrected chi connectivity index (χ2v) is 6.95. The average molecular weight is 339 g/mol. The van der Waals surface area contributed by atoms with Gasteiger partial charge in [0.25, 0.3) is 0 Å². The molecule has 2 aromatic rings. The number of rotatable bonds is 3. The van der Waals surface area contributed by atoms with Gasteiger partial charge in [-0.15, -0.1) is 0 Å². The van der Waals surface area contributed by atoms with Gasteiger partial charge in [-0.3, -0.25) is 0 Å². The van der Waals surface area contributed by atoms with Crippen LogP contribution in [0.5, 0.6) is 5.75 Å². The fraction of sp³-hybridized carbons (Fsp3) is 0.316. The number of cyclic esters (lactones) is 1. The van der Waals surface area contributed by atoms with E-state index < -0.39 is 6.10 Å². The van der Waals surface area contributed by atoms with Crippen LogP contribution in [0.15, 0.2) is 36.4 Å². The minimum absolute atomic E-state index is 0.0424. The molecule has 6 heteroatoms. The van der Waals surface area contributed by atoms with E-state index in [2.05, 4.69) is 10.2 Å². The first-order valence-corrected chi connectivity index (χ1v) is 8.29. The number of hydrogen-bond donors (Lipinski definition) is 3. The highest BCUT2D eigenvalue weighted by molar-refractivity contribution is 5.94. The van der Waals surface area contributed by atoms with E-state index in [-0.39, 0.29) is 23.7 Å². The molecular weight excluding hydrogens is 318 g/mol. The summed E-state index contributed by atoms with van der Waals surface area (Å²) in [5, 5.41) is 13.4. The number of anilines is 2. The number of fused-ring (bicyclic) bond motifs is 2. The van der Waals surface area contributed by atoms with Crippen molar-refractivity contribution in [3.8, 4) is 5.75 Å². The van der Waals surface area contributed by atoms with Gasteiger partial charge in [-0.05, 0) is 43.9 Å². The van der Waals surface area contributed by atoms with Crippen LogP contribution in [0.3, 0.4) is 0 Å². The Labute approximate surface area is 146 Å². The van der Waals surface area contributed by atoms with Crippen molar-refractivity contribution in [1.29, 1.82) is 0 Å². The van der Waals surface area contributed by atoms with E-state index in [0.29, 0.717) is 11.3 Å². The molecule has 0 saturated carbocycles. The number of aromatic hydroxyl groups is 1. The van der Waals surface area contributed by atoms with Gasteiger partial charge >= 0.3 is 5.97 Å². The molecule has 0 amide bonds. The molecule has 4 rings (SSSR count). The van der Waals surface area contributed by atoms with Crippen LogP contribution in [0.2, 0.25) is 0 Å². The Hall–Kier alpha value is -2.73. The molecule has 2 aliphatic rings. The van der Waals surface area contributed by atoms with Crippen molar-refractivity contribution in [2.45, 2.75) is 18.1 Å². The number of nitrogens with one attached hydrogen (secondary N) is 1. The first kappa shape index (κ1) is 15.8. The Balaban J connectivity index is 1.82. The lowest BCUT2D eigenvalue weighted by molar-refractivity contribution is 0.0308. The number of phenolic OH excluding ortho intramolecular Hbond substituents is 1. The lowest BCUT2D eigenvalue weighted by Gasteiger charge is -2.27. The van der Waals surface area contributed by atoms with Crippen molar-refractivity contribution in [2.24, 2.45) is 0 Å². The second-order valence-electron chi connectivity index (χ2n) is 6.95. The number of hydrogen-bond acceptors (Lipinski definition) is 6. The van der Waals surface area contributed by atoms with E-state index in [1.807, 2.05) is 32.3 Å². The van der Waals surface area contributed by atoms with Gasteiger partial charge in [0.2, 0.25) is 0 Å². The van der Waals surface area contributed by atoms with Crippen LogP contribution in [0.1, 0.15) is 33.5 Å². The Bertz CT molecular complexity index is 850. The van der Waals surface area contributed by atoms with Crippen LogP contribution in [-0.4, -0.2) is 42.7 Å². The van der Waals surface area contributed by atoms with Crippen molar-refractivity contribution in [2.75, 3.05) is 31.7 Å². The van der Waals surface area contributed by atoms with Crippen LogP contribution >= 0.6 is 0 Å². The number of carbonyl (C=O) groups excluding carboxylic acids is 1. The quantitative estimate of drug-likeness (QED) is 0.588. The number of nitrogens with two attached hydrogens (primary N) is 1. The van der Waals surface area contributed by atoms with Crippen molar-refractivity contribution >= 4 is 17.3 Å². The molecular formula is C19H21N3O3. The van der Waals surface area contributed by atoms with Crippen molar-refractivity contribution < 1.29 is 14.6 Å². The summed E-state index contributed by atoms with van der Waals surface area (Å²) in [5.74, 6) is -0.293. The molecule has 6 nitrogen and oxygen atoms in total. The molecule has 2 heterocycles. The highest BCUT2D eigenvalue weighted by atomic mass is 16.5. The number of likely N-dealkylation sites (N-methyl/N-ethyl adjacent to an activating group) is 1. The number of phenols is 1. The lowest BCUT2D eigenvalue weighted by Crippen LogP contribution is -2.35. The molecule has 130 valence electrons. The Kier molecular flexibility index (Phi) is 3.58. The normalized spacial score (nSPS) is 24.0. The summed E-state index contributed by atoms with van der Waals surface area (Å²) in [4.78, 5) is 14.4. The number of nitrogens with zero attached hydrogens (tertiary/aromatic N) is 1. The minimum Gasteiger partial charge on any atom is -0.508 e. The topological polar surface area (TPSA) is 87.8 Å². The highest BCUT2D eigenvalue weighted by Crippen LogP contribution is 2.50. The number of nitrogen functional groups attached to an aromatic ring is 1. The van der Waals surface area contributed by atoms with Gasteiger partial charge in [0.15, 0.2) is 0 Å². The predicted molar refractivity (Wildman–Crippen MR) is 95.8 cm³/mol. The van der Waals surface area contributed by atoms with Gasteiger partial charge in [0, 0.05) is 24.1 Å². The van der Waals surface area contributed by atoms with E-state index in [0.717, 1.165) is 23.4 Å². The third-order valence-corrected chi connectivity index (χ3v) is 4.93. The monoisotopic (exact) mass is 339 g/mol. The first-order chi connectivity index (χ1) is 12.0. The van der Waals surface area contributed by atoms with E-state index in [1.165, 1.54) is 6.07 Å². The smallest absolute Gasteiger partial charge is 0.339 e. The van der Waals surface area contributed by atoms with Gasteiger partial charge in [0.05, 0.1) is 16.9 Å².